The Balaban J connectivity index is 1.40. The Bertz CT molecular complexity index is 1040. The van der Waals surface area contributed by atoms with E-state index in [1.54, 1.807) is 24.5 Å². The lowest BCUT2D eigenvalue weighted by Gasteiger charge is -2.06. The highest BCUT2D eigenvalue weighted by molar-refractivity contribution is 7.12. The first-order chi connectivity index (χ1) is 12.8. The summed E-state index contributed by atoms with van der Waals surface area (Å²) in [5.74, 6) is 0.691. The first kappa shape index (κ1) is 16.3. The van der Waals surface area contributed by atoms with Gasteiger partial charge in [0.15, 0.2) is 0 Å². The number of pyridine rings is 1. The number of aromatic nitrogens is 1. The molecular formula is C21H16N2O2S. The Hall–Kier alpha value is -3.18. The van der Waals surface area contributed by atoms with Crippen molar-refractivity contribution < 1.29 is 9.53 Å². The number of anilines is 1. The van der Waals surface area contributed by atoms with E-state index in [1.807, 2.05) is 41.8 Å². The second-order valence-corrected chi connectivity index (χ2v) is 6.72. The van der Waals surface area contributed by atoms with Crippen LogP contribution in [-0.4, -0.2) is 10.9 Å². The molecule has 0 aliphatic rings. The van der Waals surface area contributed by atoms with Gasteiger partial charge in [-0.3, -0.25) is 9.78 Å². The third kappa shape index (κ3) is 3.73. The number of hydrogen-bond donors (Lipinski definition) is 1. The van der Waals surface area contributed by atoms with E-state index < -0.39 is 0 Å². The number of benzene rings is 2. The molecule has 0 unspecified atom stereocenters. The van der Waals surface area contributed by atoms with Crippen LogP contribution in [0.25, 0.3) is 10.8 Å². The van der Waals surface area contributed by atoms with Gasteiger partial charge in [0.2, 0.25) is 0 Å². The fourth-order valence-corrected chi connectivity index (χ4v) is 3.41. The highest BCUT2D eigenvalue weighted by Gasteiger charge is 2.10. The largest absolute Gasteiger partial charge is 0.489 e. The first-order valence-electron chi connectivity index (χ1n) is 8.18. The van der Waals surface area contributed by atoms with Crippen LogP contribution in [0.2, 0.25) is 0 Å². The summed E-state index contributed by atoms with van der Waals surface area (Å²) in [4.78, 5) is 16.9. The van der Waals surface area contributed by atoms with Crippen LogP contribution in [-0.2, 0) is 6.61 Å². The zero-order valence-corrected chi connectivity index (χ0v) is 14.7. The van der Waals surface area contributed by atoms with E-state index in [2.05, 4.69) is 22.4 Å². The molecule has 4 rings (SSSR count). The molecule has 0 atom stereocenters. The molecule has 2 aromatic heterocycles. The number of thiophene rings is 1. The topological polar surface area (TPSA) is 51.2 Å². The number of fused-ring (bicyclic) bond motifs is 1. The molecule has 0 saturated carbocycles. The van der Waals surface area contributed by atoms with Crippen molar-refractivity contribution in [1.29, 1.82) is 0 Å². The summed E-state index contributed by atoms with van der Waals surface area (Å²) in [7, 11) is 0. The van der Waals surface area contributed by atoms with E-state index >= 15 is 0 Å². The molecule has 26 heavy (non-hydrogen) atoms. The lowest BCUT2D eigenvalue weighted by molar-refractivity contribution is 0.103. The van der Waals surface area contributed by atoms with Gasteiger partial charge in [-0.15, -0.1) is 11.3 Å². The highest BCUT2D eigenvalue weighted by Crippen LogP contribution is 2.23. The summed E-state index contributed by atoms with van der Waals surface area (Å²) in [6.45, 7) is 0.428. The van der Waals surface area contributed by atoms with Gasteiger partial charge in [-0.1, -0.05) is 30.3 Å². The number of ether oxygens (including phenoxy) is 1. The standard InChI is InChI=1S/C21H16N2O2S/c24-21(23-18-7-9-22-10-8-18)20-11-15(14-26-20)13-25-19-6-5-16-3-1-2-4-17(16)12-19/h1-12,14H,13H2,(H,22,23,24). The van der Waals surface area contributed by atoms with Gasteiger partial charge in [0.05, 0.1) is 4.88 Å². The molecule has 128 valence electrons. The molecular weight excluding hydrogens is 344 g/mol. The third-order valence-electron chi connectivity index (χ3n) is 3.94. The summed E-state index contributed by atoms with van der Waals surface area (Å²) >= 11 is 1.41. The third-order valence-corrected chi connectivity index (χ3v) is 4.92. The Morgan fingerprint density at radius 2 is 1.81 bits per heavy atom. The van der Waals surface area contributed by atoms with Crippen molar-refractivity contribution >= 4 is 33.7 Å². The molecule has 1 N–H and O–H groups in total. The summed E-state index contributed by atoms with van der Waals surface area (Å²) in [6.07, 6.45) is 3.29. The van der Waals surface area contributed by atoms with E-state index in [-0.39, 0.29) is 5.91 Å². The molecule has 4 aromatic rings. The maximum absolute atomic E-state index is 12.3. The molecule has 1 amide bonds. The highest BCUT2D eigenvalue weighted by atomic mass is 32.1. The number of carbonyl (C=O) groups excluding carboxylic acids is 1. The van der Waals surface area contributed by atoms with Crippen molar-refractivity contribution in [3.63, 3.8) is 0 Å². The van der Waals surface area contributed by atoms with Crippen LogP contribution in [0.15, 0.2) is 78.4 Å². The van der Waals surface area contributed by atoms with Crippen molar-refractivity contribution in [3.8, 4) is 5.75 Å². The number of hydrogen-bond acceptors (Lipinski definition) is 4. The van der Waals surface area contributed by atoms with E-state index in [0.29, 0.717) is 11.5 Å². The van der Waals surface area contributed by atoms with Crippen LogP contribution in [0.4, 0.5) is 5.69 Å². The lowest BCUT2D eigenvalue weighted by atomic mass is 10.1. The second kappa shape index (κ2) is 7.37. The van der Waals surface area contributed by atoms with Gasteiger partial charge in [0.25, 0.3) is 5.91 Å². The number of rotatable bonds is 5. The van der Waals surface area contributed by atoms with Gasteiger partial charge in [0, 0.05) is 23.6 Å². The number of carbonyl (C=O) groups is 1. The van der Waals surface area contributed by atoms with Crippen molar-refractivity contribution in [3.05, 3.63) is 88.9 Å². The molecule has 0 bridgehead atoms. The molecule has 0 fully saturated rings. The van der Waals surface area contributed by atoms with Gasteiger partial charge in [-0.2, -0.15) is 0 Å². The Labute approximate surface area is 155 Å². The molecule has 0 spiro atoms. The monoisotopic (exact) mass is 360 g/mol. The molecule has 0 aliphatic carbocycles. The Morgan fingerprint density at radius 1 is 1.00 bits per heavy atom. The molecule has 0 radical (unpaired) electrons. The van der Waals surface area contributed by atoms with Crippen LogP contribution in [0, 0.1) is 0 Å². The Kier molecular flexibility index (Phi) is 4.62. The van der Waals surface area contributed by atoms with E-state index in [9.17, 15) is 4.79 Å². The van der Waals surface area contributed by atoms with E-state index in [4.69, 9.17) is 4.74 Å². The fraction of sp³-hybridized carbons (Fsp3) is 0.0476. The van der Waals surface area contributed by atoms with Crippen LogP contribution < -0.4 is 10.1 Å². The van der Waals surface area contributed by atoms with Crippen LogP contribution in [0.1, 0.15) is 15.2 Å². The minimum absolute atomic E-state index is 0.127. The van der Waals surface area contributed by atoms with E-state index in [1.165, 1.54) is 16.7 Å². The van der Waals surface area contributed by atoms with Gasteiger partial charge in [-0.25, -0.2) is 0 Å². The van der Waals surface area contributed by atoms with Crippen molar-refractivity contribution in [1.82, 2.24) is 4.98 Å². The molecule has 2 heterocycles. The average molecular weight is 360 g/mol. The summed E-state index contributed by atoms with van der Waals surface area (Å²) in [5, 5.41) is 7.13. The quantitative estimate of drug-likeness (QED) is 0.537. The smallest absolute Gasteiger partial charge is 0.265 e. The van der Waals surface area contributed by atoms with Crippen LogP contribution >= 0.6 is 11.3 Å². The number of nitrogens with zero attached hydrogens (tertiary/aromatic N) is 1. The lowest BCUT2D eigenvalue weighted by Crippen LogP contribution is -2.10. The number of amides is 1. The van der Waals surface area contributed by atoms with Gasteiger partial charge < -0.3 is 10.1 Å². The minimum Gasteiger partial charge on any atom is -0.489 e. The Morgan fingerprint density at radius 3 is 2.65 bits per heavy atom. The first-order valence-corrected chi connectivity index (χ1v) is 9.06. The predicted molar refractivity (Wildman–Crippen MR) is 105 cm³/mol. The fourth-order valence-electron chi connectivity index (χ4n) is 2.62. The normalized spacial score (nSPS) is 10.6. The van der Waals surface area contributed by atoms with Crippen LogP contribution in [0.5, 0.6) is 5.75 Å². The zero-order chi connectivity index (χ0) is 17.8. The average Bonchev–Trinajstić information content (AvgIpc) is 3.16. The van der Waals surface area contributed by atoms with Crippen molar-refractivity contribution in [2.24, 2.45) is 0 Å². The summed E-state index contributed by atoms with van der Waals surface area (Å²) < 4.78 is 5.88. The van der Waals surface area contributed by atoms with Gasteiger partial charge >= 0.3 is 0 Å². The summed E-state index contributed by atoms with van der Waals surface area (Å²) in [6, 6.07) is 19.6. The maximum Gasteiger partial charge on any atom is 0.265 e. The predicted octanol–water partition coefficient (Wildman–Crippen LogP) is 5.13. The molecule has 0 aliphatic heterocycles. The van der Waals surface area contributed by atoms with Crippen molar-refractivity contribution in [2.45, 2.75) is 6.61 Å². The molecule has 0 saturated heterocycles. The zero-order valence-electron chi connectivity index (χ0n) is 13.9. The maximum atomic E-state index is 12.3. The van der Waals surface area contributed by atoms with Gasteiger partial charge in [-0.05, 0) is 46.5 Å². The molecule has 2 aromatic carbocycles. The molecule has 5 heteroatoms. The second-order valence-electron chi connectivity index (χ2n) is 5.81. The summed E-state index contributed by atoms with van der Waals surface area (Å²) in [5.41, 5.74) is 1.70. The minimum atomic E-state index is -0.127. The SMILES string of the molecule is O=C(Nc1ccncc1)c1cc(COc2ccc3ccccc3c2)cs1. The van der Waals surface area contributed by atoms with E-state index in [0.717, 1.165) is 22.4 Å². The van der Waals surface area contributed by atoms with Gasteiger partial charge in [0.1, 0.15) is 12.4 Å². The van der Waals surface area contributed by atoms with Crippen LogP contribution in [0.3, 0.4) is 0 Å². The number of nitrogens with one attached hydrogen (secondary N) is 1. The molecule has 4 nitrogen and oxygen atoms in total. The van der Waals surface area contributed by atoms with Crippen molar-refractivity contribution in [2.75, 3.05) is 5.32 Å².